The zero-order valence-electron chi connectivity index (χ0n) is 8.58. The first-order valence-corrected chi connectivity index (χ1v) is 4.53. The van der Waals surface area contributed by atoms with E-state index in [1.54, 1.807) is 7.05 Å². The summed E-state index contributed by atoms with van der Waals surface area (Å²) in [6.07, 6.45) is 2.63. The zero-order valence-corrected chi connectivity index (χ0v) is 8.58. The number of ether oxygens (including phenoxy) is 1. The van der Waals surface area contributed by atoms with E-state index in [-0.39, 0.29) is 0 Å². The number of aromatic nitrogens is 2. The molecule has 1 heterocycles. The SMILES string of the molecule is C=CCCOc1cc(C)nc(NC)n1. The molecule has 1 aromatic rings. The molecular formula is C10H15N3O. The minimum absolute atomic E-state index is 0.582. The van der Waals surface area contributed by atoms with Gasteiger partial charge in [-0.3, -0.25) is 0 Å². The largest absolute Gasteiger partial charge is 0.477 e. The standard InChI is InChI=1S/C10H15N3O/c1-4-5-6-14-9-7-8(2)12-10(11-3)13-9/h4,7H,1,5-6H2,2-3H3,(H,11,12,13). The third kappa shape index (κ3) is 3.05. The predicted octanol–water partition coefficient (Wildman–Crippen LogP) is 1.78. The molecule has 4 nitrogen and oxygen atoms in total. The molecule has 0 bridgehead atoms. The molecule has 0 fully saturated rings. The van der Waals surface area contributed by atoms with Crippen LogP contribution in [0.5, 0.6) is 5.88 Å². The van der Waals surface area contributed by atoms with E-state index in [2.05, 4.69) is 21.9 Å². The number of hydrogen-bond donors (Lipinski definition) is 1. The normalized spacial score (nSPS) is 9.57. The van der Waals surface area contributed by atoms with Crippen LogP contribution in [0.3, 0.4) is 0 Å². The lowest BCUT2D eigenvalue weighted by atomic mass is 10.4. The van der Waals surface area contributed by atoms with Crippen LogP contribution in [-0.4, -0.2) is 23.6 Å². The van der Waals surface area contributed by atoms with Crippen LogP contribution < -0.4 is 10.1 Å². The van der Waals surface area contributed by atoms with Gasteiger partial charge < -0.3 is 10.1 Å². The molecule has 0 aliphatic carbocycles. The van der Waals surface area contributed by atoms with Crippen molar-refractivity contribution in [3.05, 3.63) is 24.4 Å². The third-order valence-electron chi connectivity index (χ3n) is 1.63. The summed E-state index contributed by atoms with van der Waals surface area (Å²) in [5, 5.41) is 2.88. The van der Waals surface area contributed by atoms with Crippen molar-refractivity contribution < 1.29 is 4.74 Å². The topological polar surface area (TPSA) is 47.0 Å². The van der Waals surface area contributed by atoms with Gasteiger partial charge in [0.2, 0.25) is 11.8 Å². The Labute approximate surface area is 84.0 Å². The summed E-state index contributed by atoms with van der Waals surface area (Å²) in [6.45, 7) is 6.12. The maximum atomic E-state index is 5.41. The first-order valence-electron chi connectivity index (χ1n) is 4.53. The van der Waals surface area contributed by atoms with Crippen LogP contribution in [0.15, 0.2) is 18.7 Å². The van der Waals surface area contributed by atoms with Gasteiger partial charge in [0.1, 0.15) is 0 Å². The van der Waals surface area contributed by atoms with Gasteiger partial charge in [-0.25, -0.2) is 4.98 Å². The highest BCUT2D eigenvalue weighted by atomic mass is 16.5. The zero-order chi connectivity index (χ0) is 10.4. The van der Waals surface area contributed by atoms with Crippen LogP contribution in [-0.2, 0) is 0 Å². The van der Waals surface area contributed by atoms with Crippen molar-refractivity contribution in [2.45, 2.75) is 13.3 Å². The van der Waals surface area contributed by atoms with E-state index in [0.29, 0.717) is 18.4 Å². The van der Waals surface area contributed by atoms with Gasteiger partial charge in [-0.1, -0.05) is 6.08 Å². The maximum absolute atomic E-state index is 5.41. The summed E-state index contributed by atoms with van der Waals surface area (Å²) in [4.78, 5) is 8.30. The van der Waals surface area contributed by atoms with E-state index in [1.807, 2.05) is 19.1 Å². The van der Waals surface area contributed by atoms with Gasteiger partial charge in [-0.2, -0.15) is 4.98 Å². The molecule has 1 N–H and O–H groups in total. The van der Waals surface area contributed by atoms with E-state index in [0.717, 1.165) is 12.1 Å². The summed E-state index contributed by atoms with van der Waals surface area (Å²) in [5.74, 6) is 1.18. The Bertz CT molecular complexity index is 312. The molecule has 0 aliphatic heterocycles. The second-order valence-electron chi connectivity index (χ2n) is 2.85. The van der Waals surface area contributed by atoms with Crippen molar-refractivity contribution in [1.82, 2.24) is 9.97 Å². The van der Waals surface area contributed by atoms with Gasteiger partial charge >= 0.3 is 0 Å². The molecule has 14 heavy (non-hydrogen) atoms. The van der Waals surface area contributed by atoms with E-state index in [9.17, 15) is 0 Å². The number of nitrogens with one attached hydrogen (secondary N) is 1. The lowest BCUT2D eigenvalue weighted by Gasteiger charge is -2.06. The maximum Gasteiger partial charge on any atom is 0.225 e. The smallest absolute Gasteiger partial charge is 0.225 e. The number of nitrogens with zero attached hydrogens (tertiary/aromatic N) is 2. The average molecular weight is 193 g/mol. The van der Waals surface area contributed by atoms with Crippen molar-refractivity contribution in [3.8, 4) is 5.88 Å². The Morgan fingerprint density at radius 2 is 2.36 bits per heavy atom. The van der Waals surface area contributed by atoms with Crippen molar-refractivity contribution in [2.24, 2.45) is 0 Å². The summed E-state index contributed by atoms with van der Waals surface area (Å²) in [6, 6.07) is 1.81. The highest BCUT2D eigenvalue weighted by Crippen LogP contribution is 2.11. The van der Waals surface area contributed by atoms with Crippen molar-refractivity contribution in [3.63, 3.8) is 0 Å². The molecule has 0 unspecified atom stereocenters. The van der Waals surface area contributed by atoms with Gasteiger partial charge in [0.05, 0.1) is 6.61 Å². The lowest BCUT2D eigenvalue weighted by molar-refractivity contribution is 0.312. The van der Waals surface area contributed by atoms with E-state index in [4.69, 9.17) is 4.74 Å². The number of anilines is 1. The molecular weight excluding hydrogens is 178 g/mol. The van der Waals surface area contributed by atoms with Crippen LogP contribution in [0.1, 0.15) is 12.1 Å². The fraction of sp³-hybridized carbons (Fsp3) is 0.400. The van der Waals surface area contributed by atoms with Gasteiger partial charge in [0, 0.05) is 18.8 Å². The Hall–Kier alpha value is -1.58. The fourth-order valence-electron chi connectivity index (χ4n) is 0.972. The summed E-state index contributed by atoms with van der Waals surface area (Å²) in [5.41, 5.74) is 0.887. The number of hydrogen-bond acceptors (Lipinski definition) is 4. The minimum Gasteiger partial charge on any atom is -0.477 e. The summed E-state index contributed by atoms with van der Waals surface area (Å²) >= 11 is 0. The molecule has 1 aromatic heterocycles. The second-order valence-corrected chi connectivity index (χ2v) is 2.85. The lowest BCUT2D eigenvalue weighted by Crippen LogP contribution is -2.03. The molecule has 0 saturated heterocycles. The molecule has 76 valence electrons. The molecule has 0 radical (unpaired) electrons. The molecule has 0 aromatic carbocycles. The fourth-order valence-corrected chi connectivity index (χ4v) is 0.972. The highest BCUT2D eigenvalue weighted by Gasteiger charge is 2.00. The van der Waals surface area contributed by atoms with Crippen molar-refractivity contribution in [1.29, 1.82) is 0 Å². The number of aryl methyl sites for hydroxylation is 1. The monoisotopic (exact) mass is 193 g/mol. The summed E-state index contributed by atoms with van der Waals surface area (Å²) in [7, 11) is 1.78. The minimum atomic E-state index is 0.582. The first kappa shape index (κ1) is 10.5. The van der Waals surface area contributed by atoms with Crippen molar-refractivity contribution in [2.75, 3.05) is 19.0 Å². The Morgan fingerprint density at radius 1 is 1.57 bits per heavy atom. The third-order valence-corrected chi connectivity index (χ3v) is 1.63. The highest BCUT2D eigenvalue weighted by molar-refractivity contribution is 5.29. The van der Waals surface area contributed by atoms with Gasteiger partial charge in [0.25, 0.3) is 0 Å². The van der Waals surface area contributed by atoms with Crippen LogP contribution in [0.2, 0.25) is 0 Å². The van der Waals surface area contributed by atoms with E-state index >= 15 is 0 Å². The Balaban J connectivity index is 2.66. The molecule has 0 spiro atoms. The summed E-state index contributed by atoms with van der Waals surface area (Å²) < 4.78 is 5.41. The Morgan fingerprint density at radius 3 is 3.00 bits per heavy atom. The van der Waals surface area contributed by atoms with Gasteiger partial charge in [-0.15, -0.1) is 6.58 Å². The van der Waals surface area contributed by atoms with Crippen LogP contribution in [0, 0.1) is 6.92 Å². The quantitative estimate of drug-likeness (QED) is 0.572. The Kier molecular flexibility index (Phi) is 3.91. The van der Waals surface area contributed by atoms with Crippen LogP contribution in [0.25, 0.3) is 0 Å². The number of rotatable bonds is 5. The van der Waals surface area contributed by atoms with Crippen molar-refractivity contribution >= 4 is 5.95 Å². The van der Waals surface area contributed by atoms with Crippen LogP contribution in [0.4, 0.5) is 5.95 Å². The second kappa shape index (κ2) is 5.21. The molecule has 4 heteroatoms. The van der Waals surface area contributed by atoms with Gasteiger partial charge in [-0.05, 0) is 13.3 Å². The van der Waals surface area contributed by atoms with Crippen LogP contribution >= 0.6 is 0 Å². The van der Waals surface area contributed by atoms with E-state index in [1.165, 1.54) is 0 Å². The predicted molar refractivity (Wildman–Crippen MR) is 56.6 cm³/mol. The van der Waals surface area contributed by atoms with E-state index < -0.39 is 0 Å². The molecule has 1 rings (SSSR count). The molecule has 0 atom stereocenters. The molecule has 0 aliphatic rings. The first-order chi connectivity index (χ1) is 6.76. The molecule has 0 amide bonds. The average Bonchev–Trinajstić information content (AvgIpc) is 2.17. The van der Waals surface area contributed by atoms with Gasteiger partial charge in [0.15, 0.2) is 0 Å². The molecule has 0 saturated carbocycles.